The Bertz CT molecular complexity index is 714. The number of hydrogen-bond acceptors (Lipinski definition) is 3. The predicted molar refractivity (Wildman–Crippen MR) is 85.9 cm³/mol. The summed E-state index contributed by atoms with van der Waals surface area (Å²) in [5, 5.41) is 0. The van der Waals surface area contributed by atoms with Gasteiger partial charge in [0.15, 0.2) is 0 Å². The summed E-state index contributed by atoms with van der Waals surface area (Å²) in [6.45, 7) is 2.99. The van der Waals surface area contributed by atoms with Crippen molar-refractivity contribution in [3.8, 4) is 0 Å². The van der Waals surface area contributed by atoms with Crippen molar-refractivity contribution in [3.63, 3.8) is 0 Å². The molecule has 3 rings (SSSR count). The lowest BCUT2D eigenvalue weighted by molar-refractivity contribution is 0.250. The molecule has 0 aliphatic carbocycles. The molecule has 0 saturated heterocycles. The summed E-state index contributed by atoms with van der Waals surface area (Å²) in [4.78, 5) is 6.92. The van der Waals surface area contributed by atoms with Crippen LogP contribution in [0.1, 0.15) is 24.2 Å². The molecule has 0 saturated carbocycles. The average molecular weight is 280 g/mol. The van der Waals surface area contributed by atoms with Crippen LogP contribution in [0.4, 0.5) is 5.69 Å². The number of rotatable bonds is 4. The van der Waals surface area contributed by atoms with Crippen molar-refractivity contribution in [3.05, 3.63) is 66.1 Å². The van der Waals surface area contributed by atoms with Crippen LogP contribution in [-0.4, -0.2) is 21.3 Å². The number of nitrogens with zero attached hydrogens (tertiary/aromatic N) is 3. The van der Waals surface area contributed by atoms with Crippen molar-refractivity contribution < 1.29 is 0 Å². The molecule has 1 aromatic carbocycles. The lowest BCUT2D eigenvalue weighted by Crippen LogP contribution is -2.22. The zero-order valence-electron chi connectivity index (χ0n) is 12.4. The number of hydrogen-bond donors (Lipinski definition) is 1. The smallest absolute Gasteiger partial charge is 0.137 e. The first-order valence-electron chi connectivity index (χ1n) is 7.12. The molecule has 0 spiro atoms. The quantitative estimate of drug-likeness (QED) is 0.747. The van der Waals surface area contributed by atoms with Gasteiger partial charge in [0.25, 0.3) is 0 Å². The third kappa shape index (κ3) is 2.90. The average Bonchev–Trinajstić information content (AvgIpc) is 2.88. The van der Waals surface area contributed by atoms with E-state index in [1.54, 1.807) is 0 Å². The molecule has 4 nitrogen and oxygen atoms in total. The van der Waals surface area contributed by atoms with E-state index in [4.69, 9.17) is 5.73 Å². The van der Waals surface area contributed by atoms with Gasteiger partial charge in [-0.15, -0.1) is 0 Å². The summed E-state index contributed by atoms with van der Waals surface area (Å²) in [5.74, 6) is 0. The van der Waals surface area contributed by atoms with Crippen LogP contribution in [-0.2, 0) is 6.54 Å². The third-order valence-electron chi connectivity index (χ3n) is 3.88. The second kappa shape index (κ2) is 5.58. The fourth-order valence-corrected chi connectivity index (χ4v) is 2.53. The molecule has 3 aromatic rings. The second-order valence-electron chi connectivity index (χ2n) is 5.46. The molecule has 2 N–H and O–H groups in total. The second-order valence-corrected chi connectivity index (χ2v) is 5.46. The Hall–Kier alpha value is -2.33. The first kappa shape index (κ1) is 13.6. The molecule has 4 heteroatoms. The van der Waals surface area contributed by atoms with Gasteiger partial charge in [-0.25, -0.2) is 4.98 Å². The van der Waals surface area contributed by atoms with Crippen LogP contribution in [0.15, 0.2) is 54.9 Å². The predicted octanol–water partition coefficient (Wildman–Crippen LogP) is 3.11. The maximum absolute atomic E-state index is 5.87. The maximum Gasteiger partial charge on any atom is 0.137 e. The molecule has 0 radical (unpaired) electrons. The highest BCUT2D eigenvalue weighted by Crippen LogP contribution is 2.22. The minimum Gasteiger partial charge on any atom is -0.399 e. The molecule has 2 aromatic heterocycles. The number of fused-ring (bicyclic) bond motifs is 1. The first-order valence-corrected chi connectivity index (χ1v) is 7.12. The Morgan fingerprint density at radius 2 is 2.10 bits per heavy atom. The molecule has 1 unspecified atom stereocenters. The highest BCUT2D eigenvalue weighted by molar-refractivity contribution is 5.42. The summed E-state index contributed by atoms with van der Waals surface area (Å²) in [7, 11) is 2.11. The molecule has 2 heterocycles. The van der Waals surface area contributed by atoms with Crippen molar-refractivity contribution in [1.29, 1.82) is 0 Å². The van der Waals surface area contributed by atoms with E-state index >= 15 is 0 Å². The molecule has 1 atom stereocenters. The first-order chi connectivity index (χ1) is 10.1. The van der Waals surface area contributed by atoms with Crippen molar-refractivity contribution in [1.82, 2.24) is 14.3 Å². The molecule has 0 amide bonds. The highest BCUT2D eigenvalue weighted by atomic mass is 15.1. The Morgan fingerprint density at radius 3 is 2.86 bits per heavy atom. The van der Waals surface area contributed by atoms with Crippen LogP contribution in [0.2, 0.25) is 0 Å². The van der Waals surface area contributed by atoms with Gasteiger partial charge in [0.2, 0.25) is 0 Å². The van der Waals surface area contributed by atoms with Crippen LogP contribution in [0.3, 0.4) is 0 Å². The van der Waals surface area contributed by atoms with Gasteiger partial charge >= 0.3 is 0 Å². The van der Waals surface area contributed by atoms with Crippen molar-refractivity contribution in [2.45, 2.75) is 19.5 Å². The number of nitrogens with two attached hydrogens (primary N) is 1. The molecular weight excluding hydrogens is 260 g/mol. The largest absolute Gasteiger partial charge is 0.399 e. The normalized spacial score (nSPS) is 12.9. The highest BCUT2D eigenvalue weighted by Gasteiger charge is 2.13. The number of anilines is 1. The summed E-state index contributed by atoms with van der Waals surface area (Å²) < 4.78 is 2.05. The standard InChI is InChI=1S/C17H20N4/c1-13(14-6-5-7-15(18)10-14)20(2)11-16-12-21-9-4-3-8-17(21)19-16/h3-10,12-13H,11,18H2,1-2H3. The van der Waals surface area contributed by atoms with E-state index in [1.165, 1.54) is 5.56 Å². The van der Waals surface area contributed by atoms with E-state index in [2.05, 4.69) is 36.1 Å². The van der Waals surface area contributed by atoms with Crippen molar-refractivity contribution >= 4 is 11.3 Å². The summed E-state index contributed by atoms with van der Waals surface area (Å²) >= 11 is 0. The van der Waals surface area contributed by atoms with E-state index in [0.29, 0.717) is 6.04 Å². The number of nitrogen functional groups attached to an aromatic ring is 1. The minimum absolute atomic E-state index is 0.290. The Balaban J connectivity index is 1.77. The molecule has 108 valence electrons. The van der Waals surface area contributed by atoms with E-state index in [0.717, 1.165) is 23.6 Å². The van der Waals surface area contributed by atoms with Gasteiger partial charge in [0.05, 0.1) is 5.69 Å². The van der Waals surface area contributed by atoms with E-state index in [1.807, 2.05) is 47.0 Å². The van der Waals surface area contributed by atoms with Gasteiger partial charge in [-0.05, 0) is 43.8 Å². The SMILES string of the molecule is CC(c1cccc(N)c1)N(C)Cc1cn2ccccc2n1. The number of pyridine rings is 1. The van der Waals surface area contributed by atoms with E-state index in [9.17, 15) is 0 Å². The maximum atomic E-state index is 5.87. The van der Waals surface area contributed by atoms with Crippen LogP contribution < -0.4 is 5.73 Å². The van der Waals surface area contributed by atoms with Crippen LogP contribution in [0.25, 0.3) is 5.65 Å². The fraction of sp³-hybridized carbons (Fsp3) is 0.235. The Labute approximate surface area is 124 Å². The molecule has 0 fully saturated rings. The third-order valence-corrected chi connectivity index (χ3v) is 3.88. The van der Waals surface area contributed by atoms with Gasteiger partial charge in [-0.1, -0.05) is 18.2 Å². The number of benzene rings is 1. The number of imidazole rings is 1. The summed E-state index contributed by atoms with van der Waals surface area (Å²) in [5.41, 5.74) is 9.95. The molecular formula is C17H20N4. The summed E-state index contributed by atoms with van der Waals surface area (Å²) in [6, 6.07) is 14.4. The lowest BCUT2D eigenvalue weighted by atomic mass is 10.1. The molecule has 0 aliphatic heterocycles. The Morgan fingerprint density at radius 1 is 1.24 bits per heavy atom. The molecule has 0 bridgehead atoms. The number of aromatic nitrogens is 2. The van der Waals surface area contributed by atoms with Gasteiger partial charge in [0.1, 0.15) is 5.65 Å². The molecule has 0 aliphatic rings. The van der Waals surface area contributed by atoms with Crippen LogP contribution >= 0.6 is 0 Å². The zero-order chi connectivity index (χ0) is 14.8. The monoisotopic (exact) mass is 280 g/mol. The molecule has 21 heavy (non-hydrogen) atoms. The van der Waals surface area contributed by atoms with Crippen LogP contribution in [0.5, 0.6) is 0 Å². The topological polar surface area (TPSA) is 46.6 Å². The summed E-state index contributed by atoms with van der Waals surface area (Å²) in [6.07, 6.45) is 4.10. The van der Waals surface area contributed by atoms with Gasteiger partial charge in [-0.2, -0.15) is 0 Å². The van der Waals surface area contributed by atoms with Crippen LogP contribution in [0, 0.1) is 0 Å². The van der Waals surface area contributed by atoms with Crippen molar-refractivity contribution in [2.75, 3.05) is 12.8 Å². The lowest BCUT2D eigenvalue weighted by Gasteiger charge is -2.24. The fourth-order valence-electron chi connectivity index (χ4n) is 2.53. The van der Waals surface area contributed by atoms with E-state index < -0.39 is 0 Å². The minimum atomic E-state index is 0.290. The van der Waals surface area contributed by atoms with Crippen molar-refractivity contribution in [2.24, 2.45) is 0 Å². The van der Waals surface area contributed by atoms with Gasteiger partial charge < -0.3 is 10.1 Å². The Kier molecular flexibility index (Phi) is 3.62. The van der Waals surface area contributed by atoms with Gasteiger partial charge in [0, 0.05) is 30.7 Å². The van der Waals surface area contributed by atoms with E-state index in [-0.39, 0.29) is 0 Å². The zero-order valence-corrected chi connectivity index (χ0v) is 12.4. The van der Waals surface area contributed by atoms with Gasteiger partial charge in [-0.3, -0.25) is 4.90 Å².